The van der Waals surface area contributed by atoms with Crippen molar-refractivity contribution < 1.29 is 9.52 Å². The molecular formula is C15H23NO2. The molecular weight excluding hydrogens is 226 g/mol. The summed E-state index contributed by atoms with van der Waals surface area (Å²) >= 11 is 0. The molecule has 1 saturated carbocycles. The molecule has 2 N–H and O–H groups in total. The molecule has 0 saturated heterocycles. The molecule has 1 aromatic heterocycles. The second kappa shape index (κ2) is 5.06. The topological polar surface area (TPSA) is 45.4 Å². The maximum atomic E-state index is 10.5. The summed E-state index contributed by atoms with van der Waals surface area (Å²) < 4.78 is 5.50. The van der Waals surface area contributed by atoms with Crippen LogP contribution >= 0.6 is 0 Å². The van der Waals surface area contributed by atoms with Crippen LogP contribution in [0.25, 0.3) is 0 Å². The minimum Gasteiger partial charge on any atom is -0.469 e. The first-order valence-electron chi connectivity index (χ1n) is 7.29. The second-order valence-corrected chi connectivity index (χ2v) is 5.91. The van der Waals surface area contributed by atoms with Crippen molar-refractivity contribution in [1.82, 2.24) is 5.32 Å². The Bertz CT molecular complexity index is 393. The van der Waals surface area contributed by atoms with Gasteiger partial charge in [0.25, 0.3) is 0 Å². The lowest BCUT2D eigenvalue weighted by atomic mass is 9.84. The zero-order valence-corrected chi connectivity index (χ0v) is 11.0. The van der Waals surface area contributed by atoms with Gasteiger partial charge in [0.15, 0.2) is 0 Å². The third kappa shape index (κ3) is 2.47. The van der Waals surface area contributed by atoms with E-state index in [0.29, 0.717) is 6.04 Å². The number of rotatable bonds is 3. The summed E-state index contributed by atoms with van der Waals surface area (Å²) in [5.41, 5.74) is 0.834. The Balaban J connectivity index is 1.61. The van der Waals surface area contributed by atoms with Gasteiger partial charge in [-0.15, -0.1) is 0 Å². The van der Waals surface area contributed by atoms with E-state index in [-0.39, 0.29) is 0 Å². The highest BCUT2D eigenvalue weighted by atomic mass is 16.3. The van der Waals surface area contributed by atoms with Crippen LogP contribution in [0.5, 0.6) is 0 Å². The van der Waals surface area contributed by atoms with Gasteiger partial charge in [0, 0.05) is 24.6 Å². The van der Waals surface area contributed by atoms with Gasteiger partial charge in [-0.2, -0.15) is 0 Å². The monoisotopic (exact) mass is 249 g/mol. The summed E-state index contributed by atoms with van der Waals surface area (Å²) in [4.78, 5) is 0. The summed E-state index contributed by atoms with van der Waals surface area (Å²) in [7, 11) is 0. The first kappa shape index (κ1) is 12.2. The molecule has 1 fully saturated rings. The SMILES string of the molecule is OC1(CNC2CCCc3occc32)CCCCC1. The van der Waals surface area contributed by atoms with Crippen LogP contribution in [0.2, 0.25) is 0 Å². The van der Waals surface area contributed by atoms with E-state index >= 15 is 0 Å². The Hall–Kier alpha value is -0.800. The third-order valence-corrected chi connectivity index (χ3v) is 4.51. The second-order valence-electron chi connectivity index (χ2n) is 5.91. The molecule has 100 valence electrons. The molecule has 2 aliphatic rings. The van der Waals surface area contributed by atoms with Gasteiger partial charge in [0.05, 0.1) is 11.9 Å². The van der Waals surface area contributed by atoms with Crippen molar-refractivity contribution in [2.75, 3.05) is 6.54 Å². The van der Waals surface area contributed by atoms with Crippen LogP contribution < -0.4 is 5.32 Å². The standard InChI is InChI=1S/C15H23NO2/c17-15(8-2-1-3-9-15)11-16-13-5-4-6-14-12(13)7-10-18-14/h7,10,13,16-17H,1-6,8-9,11H2. The average molecular weight is 249 g/mol. The maximum Gasteiger partial charge on any atom is 0.108 e. The zero-order valence-electron chi connectivity index (χ0n) is 11.0. The van der Waals surface area contributed by atoms with Crippen LogP contribution in [0.1, 0.15) is 62.3 Å². The lowest BCUT2D eigenvalue weighted by molar-refractivity contribution is 0.00209. The van der Waals surface area contributed by atoms with Crippen LogP contribution in [0.15, 0.2) is 16.7 Å². The molecule has 2 aliphatic carbocycles. The van der Waals surface area contributed by atoms with Crippen molar-refractivity contribution in [1.29, 1.82) is 0 Å². The van der Waals surface area contributed by atoms with E-state index in [2.05, 4.69) is 11.4 Å². The molecule has 1 aromatic rings. The predicted octanol–water partition coefficient (Wildman–Crippen LogP) is 2.94. The van der Waals surface area contributed by atoms with E-state index < -0.39 is 5.60 Å². The molecule has 1 heterocycles. The lowest BCUT2D eigenvalue weighted by Gasteiger charge is -2.34. The van der Waals surface area contributed by atoms with E-state index in [9.17, 15) is 5.11 Å². The fraction of sp³-hybridized carbons (Fsp3) is 0.733. The van der Waals surface area contributed by atoms with E-state index in [0.717, 1.165) is 38.0 Å². The first-order valence-corrected chi connectivity index (χ1v) is 7.29. The van der Waals surface area contributed by atoms with Crippen molar-refractivity contribution in [2.24, 2.45) is 0 Å². The minimum atomic E-state index is -0.473. The lowest BCUT2D eigenvalue weighted by Crippen LogP contribution is -2.43. The number of hydrogen-bond donors (Lipinski definition) is 2. The van der Waals surface area contributed by atoms with Gasteiger partial charge in [0.1, 0.15) is 5.76 Å². The van der Waals surface area contributed by atoms with Crippen molar-refractivity contribution in [3.8, 4) is 0 Å². The average Bonchev–Trinajstić information content (AvgIpc) is 2.86. The molecule has 0 amide bonds. The fourth-order valence-electron chi connectivity index (χ4n) is 3.40. The number of nitrogens with one attached hydrogen (secondary N) is 1. The molecule has 1 unspecified atom stereocenters. The predicted molar refractivity (Wildman–Crippen MR) is 70.4 cm³/mol. The third-order valence-electron chi connectivity index (χ3n) is 4.51. The first-order chi connectivity index (χ1) is 8.77. The smallest absolute Gasteiger partial charge is 0.108 e. The Morgan fingerprint density at radius 2 is 2.11 bits per heavy atom. The number of aliphatic hydroxyl groups is 1. The molecule has 1 atom stereocenters. The Kier molecular flexibility index (Phi) is 3.44. The van der Waals surface area contributed by atoms with Crippen LogP contribution in [0, 0.1) is 0 Å². The fourth-order valence-corrected chi connectivity index (χ4v) is 3.40. The summed E-state index contributed by atoms with van der Waals surface area (Å²) in [6, 6.07) is 2.45. The molecule has 3 nitrogen and oxygen atoms in total. The highest BCUT2D eigenvalue weighted by molar-refractivity contribution is 5.24. The van der Waals surface area contributed by atoms with Crippen molar-refractivity contribution in [3.63, 3.8) is 0 Å². The van der Waals surface area contributed by atoms with Gasteiger partial charge in [-0.25, -0.2) is 0 Å². The van der Waals surface area contributed by atoms with Gasteiger partial charge < -0.3 is 14.8 Å². The van der Waals surface area contributed by atoms with Gasteiger partial charge in [-0.1, -0.05) is 19.3 Å². The molecule has 0 spiro atoms. The maximum absolute atomic E-state index is 10.5. The van der Waals surface area contributed by atoms with Crippen LogP contribution in [0.3, 0.4) is 0 Å². The van der Waals surface area contributed by atoms with Crippen molar-refractivity contribution in [3.05, 3.63) is 23.7 Å². The molecule has 3 rings (SSSR count). The zero-order chi connectivity index (χ0) is 12.4. The summed E-state index contributed by atoms with van der Waals surface area (Å²) in [6.45, 7) is 0.724. The number of furan rings is 1. The van der Waals surface area contributed by atoms with Crippen molar-refractivity contribution in [2.45, 2.75) is 63.0 Å². The largest absolute Gasteiger partial charge is 0.469 e. The molecule has 0 bridgehead atoms. The molecule has 3 heteroatoms. The minimum absolute atomic E-state index is 0.374. The summed E-state index contributed by atoms with van der Waals surface area (Å²) in [6.07, 6.45) is 10.7. The Morgan fingerprint density at radius 3 is 2.94 bits per heavy atom. The van der Waals surface area contributed by atoms with E-state index in [1.807, 2.05) is 0 Å². The van der Waals surface area contributed by atoms with Crippen LogP contribution in [0.4, 0.5) is 0 Å². The number of fused-ring (bicyclic) bond motifs is 1. The van der Waals surface area contributed by atoms with Crippen LogP contribution in [-0.4, -0.2) is 17.3 Å². The summed E-state index contributed by atoms with van der Waals surface area (Å²) in [5, 5.41) is 14.1. The van der Waals surface area contributed by atoms with Gasteiger partial charge in [-0.3, -0.25) is 0 Å². The van der Waals surface area contributed by atoms with Crippen LogP contribution in [-0.2, 0) is 6.42 Å². The Morgan fingerprint density at radius 1 is 1.28 bits per heavy atom. The molecule has 18 heavy (non-hydrogen) atoms. The van der Waals surface area contributed by atoms with E-state index in [1.165, 1.54) is 31.2 Å². The molecule has 0 aromatic carbocycles. The van der Waals surface area contributed by atoms with Crippen molar-refractivity contribution >= 4 is 0 Å². The highest BCUT2D eigenvalue weighted by Gasteiger charge is 2.31. The van der Waals surface area contributed by atoms with Gasteiger partial charge in [0.2, 0.25) is 0 Å². The number of hydrogen-bond acceptors (Lipinski definition) is 3. The quantitative estimate of drug-likeness (QED) is 0.865. The Labute approximate surface area is 109 Å². The van der Waals surface area contributed by atoms with Gasteiger partial charge in [-0.05, 0) is 31.7 Å². The summed E-state index contributed by atoms with van der Waals surface area (Å²) in [5.74, 6) is 1.13. The van der Waals surface area contributed by atoms with E-state index in [4.69, 9.17) is 4.42 Å². The number of aryl methyl sites for hydroxylation is 1. The van der Waals surface area contributed by atoms with E-state index in [1.54, 1.807) is 6.26 Å². The normalized spacial score (nSPS) is 26.8. The highest BCUT2D eigenvalue weighted by Crippen LogP contribution is 2.32. The molecule has 0 aliphatic heterocycles. The molecule has 0 radical (unpaired) electrons. The van der Waals surface area contributed by atoms with Gasteiger partial charge >= 0.3 is 0 Å².